The van der Waals surface area contributed by atoms with E-state index >= 15 is 0 Å². The van der Waals surface area contributed by atoms with Crippen molar-refractivity contribution in [1.29, 1.82) is 0 Å². The second-order valence-corrected chi connectivity index (χ2v) is 22.8. The maximum Gasteiger partial charge on any atom is 0.135 e. The molecule has 1 aliphatic heterocycles. The first-order valence-electron chi connectivity index (χ1n) is 27.4. The van der Waals surface area contributed by atoms with Gasteiger partial charge in [0.25, 0.3) is 0 Å². The van der Waals surface area contributed by atoms with E-state index in [1.807, 2.05) is 60.8 Å². The molecule has 5 nitrogen and oxygen atoms in total. The summed E-state index contributed by atoms with van der Waals surface area (Å²) in [5.74, 6) is 1.14. The van der Waals surface area contributed by atoms with E-state index in [9.17, 15) is 8.78 Å². The van der Waals surface area contributed by atoms with E-state index < -0.39 is 0 Å². The van der Waals surface area contributed by atoms with Gasteiger partial charge in [-0.05, 0) is 133 Å². The summed E-state index contributed by atoms with van der Waals surface area (Å²) in [5.41, 5.74) is 16.8. The number of pyridine rings is 1. The summed E-state index contributed by atoms with van der Waals surface area (Å²) >= 11 is 0. The number of aromatic nitrogens is 2. The summed E-state index contributed by atoms with van der Waals surface area (Å²) in [5, 5.41) is 2.12. The monoisotopic (exact) mass is 1250 g/mol. The molecule has 0 N–H and O–H groups in total. The van der Waals surface area contributed by atoms with Crippen LogP contribution in [-0.4, -0.2) is 9.55 Å². The third-order valence-electron chi connectivity index (χ3n) is 15.4. The summed E-state index contributed by atoms with van der Waals surface area (Å²) in [7, 11) is 0. The Morgan fingerprint density at radius 2 is 1.00 bits per heavy atom. The fourth-order valence-electron chi connectivity index (χ4n) is 11.2. The number of anilines is 4. The van der Waals surface area contributed by atoms with Gasteiger partial charge in [0.1, 0.15) is 17.5 Å². The molecule has 3 heterocycles. The average Bonchev–Trinajstić information content (AvgIpc) is 3.42. The Morgan fingerprint density at radius 1 is 0.451 bits per heavy atom. The van der Waals surface area contributed by atoms with Crippen LogP contribution in [0.3, 0.4) is 0 Å². The first kappa shape index (κ1) is 53.7. The van der Waals surface area contributed by atoms with E-state index in [0.29, 0.717) is 11.5 Å². The summed E-state index contributed by atoms with van der Waals surface area (Å²) in [6.45, 7) is 15.3. The van der Waals surface area contributed by atoms with Crippen LogP contribution in [0.5, 0.6) is 11.5 Å². The Kier molecular flexibility index (Phi) is 14.1. The molecule has 406 valence electrons. The standard InChI is InChI=1S/C74H57F2N4O.Pt/c1-73(2,3)53-38-39-77-70(44-53)80-66-25-14-13-22-62(66)63-37-36-58(46-69(63)80)81-59-41-52(71-60(48-18-9-7-10-19-48)23-17-24-61(71)49-20-11-8-12-21-49)40-57(45-59)78-47-79(68-27-16-15-26-67(68)78)72-64(50-28-32-55(75)33-29-50)42-54(74(4,5)6)43-65(72)51-30-34-56(76)35-31-51;/h7-44,47H,1-6H3;/q-3;. The first-order valence-corrected chi connectivity index (χ1v) is 27.4. The molecule has 0 spiro atoms. The predicted octanol–water partition coefficient (Wildman–Crippen LogP) is 20.2. The number of nitrogens with zero attached hydrogens (tertiary/aromatic N) is 4. The van der Waals surface area contributed by atoms with Crippen molar-refractivity contribution in [3.63, 3.8) is 0 Å². The minimum atomic E-state index is -0.323. The zero-order valence-electron chi connectivity index (χ0n) is 46.3. The van der Waals surface area contributed by atoms with Gasteiger partial charge in [0, 0.05) is 72.5 Å². The third-order valence-corrected chi connectivity index (χ3v) is 15.4. The van der Waals surface area contributed by atoms with Crippen molar-refractivity contribution in [1.82, 2.24) is 9.55 Å². The fraction of sp³-hybridized carbons (Fsp3) is 0.108. The van der Waals surface area contributed by atoms with Gasteiger partial charge in [-0.25, -0.2) is 13.8 Å². The smallest absolute Gasteiger partial charge is 0.135 e. The van der Waals surface area contributed by atoms with E-state index in [2.05, 4.69) is 220 Å². The van der Waals surface area contributed by atoms with E-state index in [-0.39, 0.29) is 43.5 Å². The Bertz CT molecular complexity index is 4210. The molecular formula is C74H57F2N4OPt-3. The first-order chi connectivity index (χ1) is 39.2. The molecule has 0 fully saturated rings. The van der Waals surface area contributed by atoms with Crippen molar-refractivity contribution in [3.05, 3.63) is 272 Å². The summed E-state index contributed by atoms with van der Waals surface area (Å²) < 4.78 is 39.0. The largest absolute Gasteiger partial charge is 0.509 e. The van der Waals surface area contributed by atoms with Gasteiger partial charge in [0.2, 0.25) is 0 Å². The van der Waals surface area contributed by atoms with Crippen LogP contribution in [0.2, 0.25) is 0 Å². The molecule has 0 saturated heterocycles. The van der Waals surface area contributed by atoms with Gasteiger partial charge >= 0.3 is 0 Å². The quantitative estimate of drug-likeness (QED) is 0.128. The molecule has 2 aromatic heterocycles. The van der Waals surface area contributed by atoms with Crippen LogP contribution >= 0.6 is 0 Å². The van der Waals surface area contributed by atoms with Gasteiger partial charge in [0.05, 0.1) is 0 Å². The molecule has 0 amide bonds. The molecule has 82 heavy (non-hydrogen) atoms. The molecule has 12 aromatic rings. The molecule has 0 radical (unpaired) electrons. The van der Waals surface area contributed by atoms with E-state index in [1.165, 1.54) is 29.8 Å². The Labute approximate surface area is 493 Å². The molecule has 13 rings (SSSR count). The van der Waals surface area contributed by atoms with Crippen LogP contribution in [0.1, 0.15) is 52.7 Å². The van der Waals surface area contributed by atoms with Gasteiger partial charge in [-0.3, -0.25) is 0 Å². The molecule has 1 aliphatic rings. The topological polar surface area (TPSA) is 33.5 Å². The molecule has 0 bridgehead atoms. The van der Waals surface area contributed by atoms with Crippen molar-refractivity contribution < 1.29 is 34.6 Å². The van der Waals surface area contributed by atoms with Crippen LogP contribution in [0, 0.1) is 30.4 Å². The Morgan fingerprint density at radius 3 is 1.60 bits per heavy atom. The third kappa shape index (κ3) is 10.1. The maximum atomic E-state index is 14.8. The minimum Gasteiger partial charge on any atom is -0.509 e. The van der Waals surface area contributed by atoms with Crippen LogP contribution in [0.25, 0.3) is 83.3 Å². The van der Waals surface area contributed by atoms with E-state index in [1.54, 1.807) is 0 Å². The number of hydrogen-bond donors (Lipinski definition) is 0. The van der Waals surface area contributed by atoms with Crippen LogP contribution < -0.4 is 14.5 Å². The second-order valence-electron chi connectivity index (χ2n) is 22.8. The molecule has 0 atom stereocenters. The zero-order valence-corrected chi connectivity index (χ0v) is 48.6. The van der Waals surface area contributed by atoms with Crippen LogP contribution in [-0.2, 0) is 31.9 Å². The summed E-state index contributed by atoms with van der Waals surface area (Å²) in [4.78, 5) is 9.31. The van der Waals surface area contributed by atoms with E-state index in [0.717, 1.165) is 112 Å². The average molecular weight is 1250 g/mol. The minimum absolute atomic E-state index is 0. The van der Waals surface area contributed by atoms with Crippen molar-refractivity contribution in [2.45, 2.75) is 52.4 Å². The van der Waals surface area contributed by atoms with Gasteiger partial charge in [0.15, 0.2) is 0 Å². The number of para-hydroxylation sites is 3. The van der Waals surface area contributed by atoms with Crippen LogP contribution in [0.4, 0.5) is 31.5 Å². The van der Waals surface area contributed by atoms with Gasteiger partial charge < -0.3 is 19.1 Å². The Balaban J connectivity index is 0.00000665. The molecular weight excluding hydrogens is 1190 g/mol. The number of hydrogen-bond acceptors (Lipinski definition) is 4. The molecule has 0 saturated carbocycles. The maximum absolute atomic E-state index is 14.8. The number of fused-ring (bicyclic) bond motifs is 4. The van der Waals surface area contributed by atoms with E-state index in [4.69, 9.17) is 9.72 Å². The van der Waals surface area contributed by atoms with Crippen molar-refractivity contribution >= 4 is 44.6 Å². The molecule has 10 aromatic carbocycles. The SMILES string of the molecule is CC(C)(C)c1ccnc(-n2c3[c-]c(Oc4[c-]c(N5[CH-]N(c6c(-c7ccc(F)cc7)cc(C(C)(C)C)cc6-c6ccc(F)cc6)c6ccccc65)cc(-c5c(-c6ccccc6)cccc5-c5ccccc5)c4)ccc3c3ccccc32)c1.[Pt]. The number of benzene rings is 10. The van der Waals surface area contributed by atoms with Crippen LogP contribution in [0.15, 0.2) is 231 Å². The molecule has 0 aliphatic carbocycles. The molecule has 8 heteroatoms. The zero-order chi connectivity index (χ0) is 55.6. The predicted molar refractivity (Wildman–Crippen MR) is 329 cm³/mol. The van der Waals surface area contributed by atoms with Crippen molar-refractivity contribution in [2.24, 2.45) is 0 Å². The Hall–Kier alpha value is -8.90. The second kappa shape index (κ2) is 21.5. The number of ether oxygens (including phenoxy) is 1. The number of halogens is 2. The molecule has 0 unspecified atom stereocenters. The van der Waals surface area contributed by atoms with Gasteiger partial charge in [-0.1, -0.05) is 181 Å². The summed E-state index contributed by atoms with van der Waals surface area (Å²) in [6, 6.07) is 82.1. The van der Waals surface area contributed by atoms with Gasteiger partial charge in [-0.15, -0.1) is 53.6 Å². The van der Waals surface area contributed by atoms with Gasteiger partial charge in [-0.2, -0.15) is 6.07 Å². The normalized spacial score (nSPS) is 12.4. The van der Waals surface area contributed by atoms with Crippen molar-refractivity contribution in [3.8, 4) is 73.0 Å². The summed E-state index contributed by atoms with van der Waals surface area (Å²) in [6.07, 6.45) is 1.89. The number of rotatable bonds is 10. The van der Waals surface area contributed by atoms with Crippen molar-refractivity contribution in [2.75, 3.05) is 9.80 Å². The fourth-order valence-corrected chi connectivity index (χ4v) is 11.2.